The normalized spacial score (nSPS) is 17.4. The number of benzene rings is 3. The Morgan fingerprint density at radius 3 is 1.60 bits per heavy atom. The molecule has 0 radical (unpaired) electrons. The smallest absolute Gasteiger partial charge is 0.371 e. The molecule has 2 N–H and O–H groups in total. The molecule has 3 aliphatic heterocycles. The molecule has 0 aliphatic carbocycles. The standard InChI is InChI=1S/C23H27F3N4O3S.C11H13F3N2/c1-27-34(32,33)19-8-9-21(29-10-2-3-11-29)20(16-19)22(31)30-14-12-28(13-15-30)18-6-4-17(5-7-18)23(24,25)26;12-11(13,14)9-1-3-10(4-2-9)16-7-5-15-6-8-16/h4-9,16,27H,2-3,10-15H2,1H3;1-4,15H,5-8H2. The number of amides is 1. The van der Waals surface area contributed by atoms with Gasteiger partial charge in [-0.05, 0) is 86.6 Å². The Morgan fingerprint density at radius 2 is 1.14 bits per heavy atom. The first-order valence-electron chi connectivity index (χ1n) is 16.3. The van der Waals surface area contributed by atoms with E-state index in [0.717, 1.165) is 87.8 Å². The molecule has 0 saturated carbocycles. The molecule has 16 heteroatoms. The van der Waals surface area contributed by atoms with E-state index in [-0.39, 0.29) is 10.8 Å². The summed E-state index contributed by atoms with van der Waals surface area (Å²) in [6, 6.07) is 15.0. The highest BCUT2D eigenvalue weighted by Crippen LogP contribution is 2.33. The summed E-state index contributed by atoms with van der Waals surface area (Å²) >= 11 is 0. The number of hydrogen-bond donors (Lipinski definition) is 2. The van der Waals surface area contributed by atoms with E-state index in [1.807, 2.05) is 4.90 Å². The van der Waals surface area contributed by atoms with Crippen LogP contribution in [0.15, 0.2) is 71.6 Å². The Kier molecular flexibility index (Phi) is 11.5. The van der Waals surface area contributed by atoms with Crippen molar-refractivity contribution in [1.82, 2.24) is 14.9 Å². The van der Waals surface area contributed by atoms with Crippen LogP contribution in [0.4, 0.5) is 43.4 Å². The van der Waals surface area contributed by atoms with Gasteiger partial charge in [0.15, 0.2) is 0 Å². The number of piperazine rings is 2. The maximum absolute atomic E-state index is 13.5. The SMILES string of the molecule is CNS(=O)(=O)c1ccc(N2CCCC2)c(C(=O)N2CCN(c3ccc(C(F)(F)F)cc3)CC2)c1.FC(F)(F)c1ccc(N2CCNCC2)cc1. The van der Waals surface area contributed by atoms with Gasteiger partial charge in [-0.3, -0.25) is 4.79 Å². The molecule has 3 saturated heterocycles. The molecule has 0 unspecified atom stereocenters. The molecule has 0 aromatic heterocycles. The van der Waals surface area contributed by atoms with Crippen LogP contribution in [0.1, 0.15) is 34.3 Å². The van der Waals surface area contributed by atoms with E-state index in [4.69, 9.17) is 0 Å². The highest BCUT2D eigenvalue weighted by molar-refractivity contribution is 7.89. The number of hydrogen-bond acceptors (Lipinski definition) is 7. The van der Waals surface area contributed by atoms with E-state index in [0.29, 0.717) is 37.4 Å². The number of sulfonamides is 1. The summed E-state index contributed by atoms with van der Waals surface area (Å²) in [7, 11) is -2.39. The average Bonchev–Trinajstić information content (AvgIpc) is 3.66. The lowest BCUT2D eigenvalue weighted by molar-refractivity contribution is -0.138. The first-order chi connectivity index (χ1) is 23.7. The fourth-order valence-electron chi connectivity index (χ4n) is 6.19. The van der Waals surface area contributed by atoms with E-state index < -0.39 is 33.5 Å². The lowest BCUT2D eigenvalue weighted by atomic mass is 10.1. The molecule has 3 aliphatic rings. The molecular formula is C34H40F6N6O3S. The van der Waals surface area contributed by atoms with Crippen LogP contribution in [0, 0.1) is 0 Å². The quantitative estimate of drug-likeness (QED) is 0.334. The third-order valence-corrected chi connectivity index (χ3v) is 10.4. The minimum absolute atomic E-state index is 0.0321. The van der Waals surface area contributed by atoms with E-state index in [2.05, 4.69) is 19.8 Å². The Labute approximate surface area is 287 Å². The van der Waals surface area contributed by atoms with Crippen molar-refractivity contribution in [3.63, 3.8) is 0 Å². The number of alkyl halides is 6. The van der Waals surface area contributed by atoms with Gasteiger partial charge in [0, 0.05) is 82.5 Å². The van der Waals surface area contributed by atoms with Crippen molar-refractivity contribution in [2.45, 2.75) is 30.1 Å². The third-order valence-electron chi connectivity index (χ3n) is 9.03. The summed E-state index contributed by atoms with van der Waals surface area (Å²) in [5, 5.41) is 3.20. The van der Waals surface area contributed by atoms with Gasteiger partial charge in [-0.25, -0.2) is 13.1 Å². The minimum atomic E-state index is -4.38. The molecule has 0 bridgehead atoms. The number of rotatable bonds is 6. The molecule has 9 nitrogen and oxygen atoms in total. The van der Waals surface area contributed by atoms with Crippen molar-refractivity contribution < 1.29 is 39.6 Å². The molecule has 0 spiro atoms. The molecule has 1 amide bonds. The summed E-state index contributed by atoms with van der Waals surface area (Å²) in [6.45, 7) is 6.72. The van der Waals surface area contributed by atoms with Gasteiger partial charge >= 0.3 is 12.4 Å². The van der Waals surface area contributed by atoms with E-state index in [9.17, 15) is 39.6 Å². The molecule has 3 heterocycles. The van der Waals surface area contributed by atoms with Gasteiger partial charge in [-0.15, -0.1) is 0 Å². The first kappa shape index (κ1) is 37.2. The van der Waals surface area contributed by atoms with Crippen LogP contribution in [-0.2, 0) is 22.4 Å². The molecule has 3 aromatic carbocycles. The molecule has 3 fully saturated rings. The second-order valence-electron chi connectivity index (χ2n) is 12.2. The van der Waals surface area contributed by atoms with Crippen molar-refractivity contribution in [3.05, 3.63) is 83.4 Å². The highest BCUT2D eigenvalue weighted by atomic mass is 32.2. The van der Waals surface area contributed by atoms with Gasteiger partial charge in [0.1, 0.15) is 0 Å². The van der Waals surface area contributed by atoms with Crippen LogP contribution < -0.4 is 24.7 Å². The lowest BCUT2D eigenvalue weighted by Crippen LogP contribution is -2.49. The predicted molar refractivity (Wildman–Crippen MR) is 180 cm³/mol. The zero-order valence-electron chi connectivity index (χ0n) is 27.5. The maximum Gasteiger partial charge on any atom is 0.416 e. The van der Waals surface area contributed by atoms with Crippen LogP contribution >= 0.6 is 0 Å². The lowest BCUT2D eigenvalue weighted by Gasteiger charge is -2.37. The zero-order chi connectivity index (χ0) is 36.1. The van der Waals surface area contributed by atoms with Crippen molar-refractivity contribution in [1.29, 1.82) is 0 Å². The fraction of sp³-hybridized carbons (Fsp3) is 0.441. The van der Waals surface area contributed by atoms with Crippen LogP contribution in [0.25, 0.3) is 0 Å². The van der Waals surface area contributed by atoms with Gasteiger partial charge in [-0.2, -0.15) is 26.3 Å². The number of carbonyl (C=O) groups is 1. The Bertz CT molecular complexity index is 1700. The van der Waals surface area contributed by atoms with Crippen molar-refractivity contribution in [2.24, 2.45) is 0 Å². The third kappa shape index (κ3) is 9.01. The monoisotopic (exact) mass is 726 g/mol. The minimum Gasteiger partial charge on any atom is -0.371 e. The Morgan fingerprint density at radius 1 is 0.660 bits per heavy atom. The number of nitrogens with zero attached hydrogens (tertiary/aromatic N) is 4. The zero-order valence-corrected chi connectivity index (χ0v) is 28.3. The number of carbonyl (C=O) groups excluding carboxylic acids is 1. The van der Waals surface area contributed by atoms with Gasteiger partial charge < -0.3 is 24.9 Å². The van der Waals surface area contributed by atoms with Gasteiger partial charge in [0.2, 0.25) is 10.0 Å². The summed E-state index contributed by atoms with van der Waals surface area (Å²) in [4.78, 5) is 21.3. The highest BCUT2D eigenvalue weighted by Gasteiger charge is 2.32. The van der Waals surface area contributed by atoms with Gasteiger partial charge in [0.05, 0.1) is 21.6 Å². The van der Waals surface area contributed by atoms with Crippen LogP contribution in [0.3, 0.4) is 0 Å². The molecule has 3 aromatic rings. The Hall–Kier alpha value is -4.02. The fourth-order valence-corrected chi connectivity index (χ4v) is 6.94. The number of nitrogens with one attached hydrogen (secondary N) is 2. The summed E-state index contributed by atoms with van der Waals surface area (Å²) in [5.41, 5.74) is 1.31. The molecule has 0 atom stereocenters. The molecular weight excluding hydrogens is 686 g/mol. The molecule has 50 heavy (non-hydrogen) atoms. The van der Waals surface area contributed by atoms with Gasteiger partial charge in [-0.1, -0.05) is 0 Å². The predicted octanol–water partition coefficient (Wildman–Crippen LogP) is 5.29. The maximum atomic E-state index is 13.5. The van der Waals surface area contributed by atoms with Crippen molar-refractivity contribution in [3.8, 4) is 0 Å². The Balaban J connectivity index is 0.000000253. The van der Waals surface area contributed by atoms with Crippen LogP contribution in [0.2, 0.25) is 0 Å². The second kappa shape index (κ2) is 15.5. The summed E-state index contributed by atoms with van der Waals surface area (Å²) < 4.78 is 102. The molecule has 272 valence electrons. The van der Waals surface area contributed by atoms with Crippen molar-refractivity contribution in [2.75, 3.05) is 87.2 Å². The summed E-state index contributed by atoms with van der Waals surface area (Å²) in [5.74, 6) is -0.248. The van der Waals surface area contributed by atoms with Crippen LogP contribution in [-0.4, -0.2) is 91.7 Å². The number of anilines is 3. The van der Waals surface area contributed by atoms with Gasteiger partial charge in [0.25, 0.3) is 5.91 Å². The van der Waals surface area contributed by atoms with E-state index >= 15 is 0 Å². The van der Waals surface area contributed by atoms with E-state index in [1.165, 1.54) is 43.4 Å². The van der Waals surface area contributed by atoms with Crippen LogP contribution in [0.5, 0.6) is 0 Å². The topological polar surface area (TPSA) is 88.2 Å². The van der Waals surface area contributed by atoms with E-state index in [1.54, 1.807) is 11.0 Å². The second-order valence-corrected chi connectivity index (χ2v) is 14.1. The summed E-state index contributed by atoms with van der Waals surface area (Å²) in [6.07, 6.45) is -6.61. The largest absolute Gasteiger partial charge is 0.416 e. The van der Waals surface area contributed by atoms with Crippen molar-refractivity contribution >= 4 is 33.0 Å². The average molecular weight is 727 g/mol. The number of halogens is 6. The first-order valence-corrected chi connectivity index (χ1v) is 17.8. The molecule has 6 rings (SSSR count).